The summed E-state index contributed by atoms with van der Waals surface area (Å²) in [6.07, 6.45) is 0.219. The molecule has 0 fully saturated rings. The van der Waals surface area contributed by atoms with Crippen LogP contribution in [0, 0.1) is 11.7 Å². The van der Waals surface area contributed by atoms with Gasteiger partial charge in [-0.05, 0) is 37.8 Å². The highest BCUT2D eigenvalue weighted by molar-refractivity contribution is 5.87. The third kappa shape index (κ3) is 3.64. The summed E-state index contributed by atoms with van der Waals surface area (Å²) in [5, 5.41) is 12.4. The molecule has 0 saturated carbocycles. The minimum absolute atomic E-state index is 0.0191. The summed E-state index contributed by atoms with van der Waals surface area (Å²) in [5.41, 5.74) is 1.12. The van der Waals surface area contributed by atoms with Crippen molar-refractivity contribution >= 4 is 11.6 Å². The van der Waals surface area contributed by atoms with Crippen molar-refractivity contribution in [1.82, 2.24) is 5.32 Å². The summed E-state index contributed by atoms with van der Waals surface area (Å²) in [5.74, 6) is -0.499. The third-order valence-corrected chi connectivity index (χ3v) is 4.23. The van der Waals surface area contributed by atoms with Gasteiger partial charge in [0.2, 0.25) is 5.91 Å². The lowest BCUT2D eigenvalue weighted by atomic mass is 9.95. The number of benzene rings is 1. The van der Waals surface area contributed by atoms with Crippen LogP contribution in [0.15, 0.2) is 12.1 Å². The maximum absolute atomic E-state index is 15.1. The molecule has 24 heavy (non-hydrogen) atoms. The molecule has 0 unspecified atom stereocenters. The highest BCUT2D eigenvalue weighted by Gasteiger charge is 2.34. The van der Waals surface area contributed by atoms with Crippen LogP contribution < -0.4 is 15.0 Å². The molecule has 0 saturated heterocycles. The first-order valence-electron chi connectivity index (χ1n) is 8.38. The second kappa shape index (κ2) is 7.38. The molecule has 1 aromatic carbocycles. The lowest BCUT2D eigenvalue weighted by Gasteiger charge is -2.37. The Morgan fingerprint density at radius 2 is 2.04 bits per heavy atom. The first-order valence-corrected chi connectivity index (χ1v) is 8.38. The number of fused-ring (bicyclic) bond motifs is 1. The number of anilines is 1. The summed E-state index contributed by atoms with van der Waals surface area (Å²) in [4.78, 5) is 14.2. The second-order valence-electron chi connectivity index (χ2n) is 6.94. The quantitative estimate of drug-likeness (QED) is 0.883. The van der Waals surface area contributed by atoms with Crippen molar-refractivity contribution in [2.45, 2.75) is 52.3 Å². The van der Waals surface area contributed by atoms with E-state index in [4.69, 9.17) is 4.74 Å². The van der Waals surface area contributed by atoms with E-state index in [-0.39, 0.29) is 30.3 Å². The number of nitrogens with one attached hydrogen (secondary N) is 1. The molecule has 0 aromatic heterocycles. The number of aliphatic hydroxyl groups is 1. The van der Waals surface area contributed by atoms with Crippen molar-refractivity contribution in [2.75, 3.05) is 18.6 Å². The Balaban J connectivity index is 2.58. The molecule has 2 N–H and O–H groups in total. The Morgan fingerprint density at radius 3 is 2.58 bits per heavy atom. The van der Waals surface area contributed by atoms with Crippen molar-refractivity contribution < 1.29 is 19.0 Å². The molecule has 134 valence electrons. The van der Waals surface area contributed by atoms with Crippen LogP contribution in [0.5, 0.6) is 5.75 Å². The average Bonchev–Trinajstić information content (AvgIpc) is 2.47. The monoisotopic (exact) mass is 338 g/mol. The van der Waals surface area contributed by atoms with Gasteiger partial charge in [-0.3, -0.25) is 4.79 Å². The van der Waals surface area contributed by atoms with Gasteiger partial charge in [0.1, 0.15) is 6.04 Å². The predicted octanol–water partition coefficient (Wildman–Crippen LogP) is 2.11. The Kier molecular flexibility index (Phi) is 5.70. The number of nitrogens with zero attached hydrogens (tertiary/aromatic N) is 1. The maximum atomic E-state index is 15.1. The Labute approximate surface area is 142 Å². The molecule has 0 spiro atoms. The number of ether oxygens (including phenoxy) is 1. The van der Waals surface area contributed by atoms with E-state index in [1.165, 1.54) is 0 Å². The van der Waals surface area contributed by atoms with E-state index in [2.05, 4.69) is 5.32 Å². The van der Waals surface area contributed by atoms with E-state index in [0.29, 0.717) is 12.1 Å². The standard InChI is InChI=1S/C18H27FN2O3/c1-10(2)16-18(23)20-13(9-22)8-12-6-7-14(24-11(3)4)15(19)17(12)21(16)5/h6-7,10-11,13,16,22H,8-9H2,1-5H3,(H,20,23)/t13-,16-/m1/s1. The second-order valence-corrected chi connectivity index (χ2v) is 6.94. The minimum Gasteiger partial charge on any atom is -0.488 e. The molecule has 2 rings (SSSR count). The predicted molar refractivity (Wildman–Crippen MR) is 91.9 cm³/mol. The Morgan fingerprint density at radius 1 is 1.38 bits per heavy atom. The van der Waals surface area contributed by atoms with Crippen LogP contribution in [-0.2, 0) is 11.2 Å². The van der Waals surface area contributed by atoms with Crippen molar-refractivity contribution in [1.29, 1.82) is 0 Å². The van der Waals surface area contributed by atoms with Crippen LogP contribution >= 0.6 is 0 Å². The van der Waals surface area contributed by atoms with Crippen LogP contribution in [-0.4, -0.2) is 42.9 Å². The molecule has 5 nitrogen and oxygen atoms in total. The summed E-state index contributed by atoms with van der Waals surface area (Å²) in [7, 11) is 1.73. The fraction of sp³-hybridized carbons (Fsp3) is 0.611. The van der Waals surface area contributed by atoms with E-state index in [1.54, 1.807) is 18.0 Å². The number of aliphatic hydroxyl groups excluding tert-OH is 1. The number of carbonyl (C=O) groups is 1. The largest absolute Gasteiger partial charge is 0.488 e. The number of halogens is 1. The van der Waals surface area contributed by atoms with E-state index < -0.39 is 17.9 Å². The van der Waals surface area contributed by atoms with Crippen LogP contribution in [0.1, 0.15) is 33.3 Å². The lowest BCUT2D eigenvalue weighted by Crippen LogP contribution is -2.54. The molecule has 0 radical (unpaired) electrons. The molecule has 0 bridgehead atoms. The van der Waals surface area contributed by atoms with E-state index in [1.807, 2.05) is 33.8 Å². The first kappa shape index (κ1) is 18.5. The summed E-state index contributed by atoms with van der Waals surface area (Å²) in [6.45, 7) is 7.33. The molecular formula is C18H27FN2O3. The van der Waals surface area contributed by atoms with Gasteiger partial charge in [-0.2, -0.15) is 0 Å². The maximum Gasteiger partial charge on any atom is 0.243 e. The zero-order chi connectivity index (χ0) is 18.0. The normalized spacial score (nSPS) is 21.4. The van der Waals surface area contributed by atoms with Gasteiger partial charge < -0.3 is 20.1 Å². The minimum atomic E-state index is -0.526. The molecular weight excluding hydrogens is 311 g/mol. The van der Waals surface area contributed by atoms with Gasteiger partial charge >= 0.3 is 0 Å². The topological polar surface area (TPSA) is 61.8 Å². The molecule has 6 heteroatoms. The zero-order valence-electron chi connectivity index (χ0n) is 15.0. The summed E-state index contributed by atoms with van der Waals surface area (Å²) < 4.78 is 20.7. The fourth-order valence-electron chi connectivity index (χ4n) is 3.26. The van der Waals surface area contributed by atoms with E-state index in [9.17, 15) is 9.90 Å². The lowest BCUT2D eigenvalue weighted by molar-refractivity contribution is -0.124. The molecule has 1 aromatic rings. The molecule has 1 heterocycles. The van der Waals surface area contributed by atoms with Gasteiger partial charge in [-0.15, -0.1) is 0 Å². The number of amides is 1. The fourth-order valence-corrected chi connectivity index (χ4v) is 3.26. The van der Waals surface area contributed by atoms with Gasteiger partial charge in [-0.1, -0.05) is 19.9 Å². The highest BCUT2D eigenvalue weighted by Crippen LogP contribution is 2.35. The van der Waals surface area contributed by atoms with Crippen LogP contribution in [0.3, 0.4) is 0 Å². The number of hydrogen-bond acceptors (Lipinski definition) is 4. The average molecular weight is 338 g/mol. The van der Waals surface area contributed by atoms with Gasteiger partial charge in [0.05, 0.1) is 24.4 Å². The van der Waals surface area contributed by atoms with Crippen molar-refractivity contribution in [2.24, 2.45) is 5.92 Å². The summed E-state index contributed by atoms with van der Waals surface area (Å²) >= 11 is 0. The van der Waals surface area contributed by atoms with Crippen LogP contribution in [0.4, 0.5) is 10.1 Å². The molecule has 1 aliphatic rings. The van der Waals surface area contributed by atoms with Gasteiger partial charge in [0.25, 0.3) is 0 Å². The SMILES string of the molecule is CC(C)Oc1ccc2c(c1F)N(C)[C@H](C(C)C)C(=O)N[C@@H](CO)C2. The molecule has 2 atom stereocenters. The Bertz CT molecular complexity index is 604. The molecule has 0 aliphatic carbocycles. The first-order chi connectivity index (χ1) is 11.3. The highest BCUT2D eigenvalue weighted by atomic mass is 19.1. The third-order valence-electron chi connectivity index (χ3n) is 4.23. The van der Waals surface area contributed by atoms with E-state index in [0.717, 1.165) is 5.56 Å². The Hall–Kier alpha value is -1.82. The van der Waals surface area contributed by atoms with E-state index >= 15 is 4.39 Å². The molecule has 1 amide bonds. The van der Waals surface area contributed by atoms with Gasteiger partial charge in [0.15, 0.2) is 11.6 Å². The van der Waals surface area contributed by atoms with Crippen molar-refractivity contribution in [3.8, 4) is 5.75 Å². The number of likely N-dealkylation sites (N-methyl/N-ethyl adjacent to an activating group) is 1. The molecule has 1 aliphatic heterocycles. The zero-order valence-corrected chi connectivity index (χ0v) is 15.0. The van der Waals surface area contributed by atoms with Crippen molar-refractivity contribution in [3.63, 3.8) is 0 Å². The number of carbonyl (C=O) groups excluding carboxylic acids is 1. The number of rotatable bonds is 4. The van der Waals surface area contributed by atoms with Crippen LogP contribution in [0.25, 0.3) is 0 Å². The number of hydrogen-bond donors (Lipinski definition) is 2. The summed E-state index contributed by atoms with van der Waals surface area (Å²) in [6, 6.07) is 2.47. The smallest absolute Gasteiger partial charge is 0.243 e. The van der Waals surface area contributed by atoms with Gasteiger partial charge in [-0.25, -0.2) is 4.39 Å². The van der Waals surface area contributed by atoms with Gasteiger partial charge in [0, 0.05) is 7.05 Å². The van der Waals surface area contributed by atoms with Crippen LogP contribution in [0.2, 0.25) is 0 Å². The van der Waals surface area contributed by atoms with Crippen molar-refractivity contribution in [3.05, 3.63) is 23.5 Å².